The van der Waals surface area contributed by atoms with Crippen molar-refractivity contribution >= 4 is 27.5 Å². The highest BCUT2D eigenvalue weighted by Gasteiger charge is 2.20. The summed E-state index contributed by atoms with van der Waals surface area (Å²) in [5, 5.41) is 2.80. The fourth-order valence-corrected chi connectivity index (χ4v) is 2.59. The first-order chi connectivity index (χ1) is 11.3. The molecule has 0 saturated carbocycles. The Bertz CT molecular complexity index is 706. The lowest BCUT2D eigenvalue weighted by atomic mass is 9.86. The Morgan fingerprint density at radius 3 is 2.38 bits per heavy atom. The number of carbonyl (C=O) groups excluding carboxylic acids is 1. The summed E-state index contributed by atoms with van der Waals surface area (Å²) in [5.74, 6) is 1.26. The van der Waals surface area contributed by atoms with Gasteiger partial charge in [-0.25, -0.2) is 0 Å². The van der Waals surface area contributed by atoms with E-state index in [1.165, 1.54) is 0 Å². The van der Waals surface area contributed by atoms with Crippen LogP contribution in [0.3, 0.4) is 0 Å². The Balaban J connectivity index is 2.01. The molecule has 0 spiro atoms. The molecule has 2 aromatic rings. The Hall–Kier alpha value is -2.01. The first kappa shape index (κ1) is 18.3. The van der Waals surface area contributed by atoms with Gasteiger partial charge in [0.05, 0.1) is 7.11 Å². The van der Waals surface area contributed by atoms with Crippen LogP contribution in [0.4, 0.5) is 5.69 Å². The van der Waals surface area contributed by atoms with Gasteiger partial charge in [-0.05, 0) is 47.9 Å². The number of methoxy groups -OCH3 is 1. The molecule has 24 heavy (non-hydrogen) atoms. The highest BCUT2D eigenvalue weighted by Crippen LogP contribution is 2.33. The Labute approximate surface area is 151 Å². The fourth-order valence-electron chi connectivity index (χ4n) is 2.23. The van der Waals surface area contributed by atoms with Crippen molar-refractivity contribution in [2.45, 2.75) is 26.2 Å². The number of halogens is 1. The zero-order valence-electron chi connectivity index (χ0n) is 14.4. The number of carbonyl (C=O) groups is 1. The van der Waals surface area contributed by atoms with E-state index in [2.05, 4.69) is 42.0 Å². The second-order valence-corrected chi connectivity index (χ2v) is 7.37. The smallest absolute Gasteiger partial charge is 0.262 e. The summed E-state index contributed by atoms with van der Waals surface area (Å²) in [5.41, 5.74) is 1.68. The zero-order valence-corrected chi connectivity index (χ0v) is 15.9. The minimum absolute atomic E-state index is 0.0449. The van der Waals surface area contributed by atoms with E-state index in [-0.39, 0.29) is 17.9 Å². The second-order valence-electron chi connectivity index (χ2n) is 6.46. The van der Waals surface area contributed by atoms with Gasteiger partial charge in [0.15, 0.2) is 6.61 Å². The number of benzene rings is 2. The van der Waals surface area contributed by atoms with E-state index in [9.17, 15) is 4.79 Å². The number of nitrogens with one attached hydrogen (secondary N) is 1. The summed E-state index contributed by atoms with van der Waals surface area (Å²) in [7, 11) is 1.60. The fraction of sp³-hybridized carbons (Fsp3) is 0.316. The van der Waals surface area contributed by atoms with E-state index in [1.54, 1.807) is 31.4 Å². The number of amides is 1. The first-order valence-electron chi connectivity index (χ1n) is 7.66. The van der Waals surface area contributed by atoms with Gasteiger partial charge in [0.1, 0.15) is 11.5 Å². The predicted octanol–water partition coefficient (Wildman–Crippen LogP) is 4.77. The van der Waals surface area contributed by atoms with Gasteiger partial charge in [-0.1, -0.05) is 36.7 Å². The lowest BCUT2D eigenvalue weighted by Crippen LogP contribution is -2.22. The minimum Gasteiger partial charge on any atom is -0.497 e. The Morgan fingerprint density at radius 1 is 1.12 bits per heavy atom. The molecule has 0 radical (unpaired) electrons. The zero-order chi connectivity index (χ0) is 17.7. The number of hydrogen-bond acceptors (Lipinski definition) is 3. The third-order valence-corrected chi connectivity index (χ3v) is 3.98. The quantitative estimate of drug-likeness (QED) is 0.797. The standard InChI is InChI=1S/C19H22BrNO3/c1-19(2,3)16-11-13(20)5-10-17(16)24-12-18(22)21-14-6-8-15(23-4)9-7-14/h5-11H,12H2,1-4H3,(H,21,22). The third kappa shape index (κ3) is 4.99. The van der Waals surface area contributed by atoms with E-state index in [0.717, 1.165) is 21.5 Å². The first-order valence-corrected chi connectivity index (χ1v) is 8.45. The summed E-state index contributed by atoms with van der Waals surface area (Å²) in [6, 6.07) is 13.0. The molecule has 0 unspecified atom stereocenters. The lowest BCUT2D eigenvalue weighted by Gasteiger charge is -2.23. The molecule has 1 amide bonds. The van der Waals surface area contributed by atoms with Gasteiger partial charge in [0.2, 0.25) is 0 Å². The van der Waals surface area contributed by atoms with Crippen LogP contribution in [0.2, 0.25) is 0 Å². The van der Waals surface area contributed by atoms with Crippen LogP contribution in [0.25, 0.3) is 0 Å². The number of hydrogen-bond donors (Lipinski definition) is 1. The maximum absolute atomic E-state index is 12.1. The van der Waals surface area contributed by atoms with Crippen molar-refractivity contribution in [2.75, 3.05) is 19.0 Å². The number of anilines is 1. The normalized spacial score (nSPS) is 11.0. The van der Waals surface area contributed by atoms with Gasteiger partial charge < -0.3 is 14.8 Å². The molecule has 0 aromatic heterocycles. The lowest BCUT2D eigenvalue weighted by molar-refractivity contribution is -0.118. The van der Waals surface area contributed by atoms with Gasteiger partial charge in [-0.2, -0.15) is 0 Å². The van der Waals surface area contributed by atoms with E-state index in [4.69, 9.17) is 9.47 Å². The molecule has 1 N–H and O–H groups in total. The summed E-state index contributed by atoms with van der Waals surface area (Å²) < 4.78 is 11.8. The highest BCUT2D eigenvalue weighted by atomic mass is 79.9. The van der Waals surface area contributed by atoms with Gasteiger partial charge in [0, 0.05) is 15.7 Å². The SMILES string of the molecule is COc1ccc(NC(=O)COc2ccc(Br)cc2C(C)(C)C)cc1. The molecule has 0 aliphatic rings. The largest absolute Gasteiger partial charge is 0.497 e. The molecule has 4 nitrogen and oxygen atoms in total. The van der Waals surface area contributed by atoms with Crippen LogP contribution in [0.15, 0.2) is 46.9 Å². The van der Waals surface area contributed by atoms with E-state index in [0.29, 0.717) is 5.69 Å². The summed E-state index contributed by atoms with van der Waals surface area (Å²) in [6.45, 7) is 6.29. The van der Waals surface area contributed by atoms with Crippen LogP contribution in [-0.4, -0.2) is 19.6 Å². The molecular formula is C19H22BrNO3. The molecule has 0 atom stereocenters. The third-order valence-electron chi connectivity index (χ3n) is 3.48. The van der Waals surface area contributed by atoms with Gasteiger partial charge in [0.25, 0.3) is 5.91 Å². The molecule has 0 fully saturated rings. The molecule has 0 saturated heterocycles. The summed E-state index contributed by atoms with van der Waals surface area (Å²) in [4.78, 5) is 12.1. The van der Waals surface area contributed by atoms with Crippen LogP contribution >= 0.6 is 15.9 Å². The topological polar surface area (TPSA) is 47.6 Å². The van der Waals surface area contributed by atoms with Crippen molar-refractivity contribution in [1.29, 1.82) is 0 Å². The Kier molecular flexibility index (Phi) is 5.89. The van der Waals surface area contributed by atoms with Crippen molar-refractivity contribution in [3.8, 4) is 11.5 Å². The average molecular weight is 392 g/mol. The summed E-state index contributed by atoms with van der Waals surface area (Å²) in [6.07, 6.45) is 0. The van der Waals surface area contributed by atoms with Crippen LogP contribution in [0, 0.1) is 0 Å². The van der Waals surface area contributed by atoms with Crippen molar-refractivity contribution < 1.29 is 14.3 Å². The van der Waals surface area contributed by atoms with Gasteiger partial charge in [-0.3, -0.25) is 4.79 Å². The predicted molar refractivity (Wildman–Crippen MR) is 100.0 cm³/mol. The number of rotatable bonds is 5. The number of ether oxygens (including phenoxy) is 2. The molecule has 2 rings (SSSR count). The highest BCUT2D eigenvalue weighted by molar-refractivity contribution is 9.10. The second kappa shape index (κ2) is 7.71. The van der Waals surface area contributed by atoms with Gasteiger partial charge >= 0.3 is 0 Å². The van der Waals surface area contributed by atoms with Crippen LogP contribution < -0.4 is 14.8 Å². The van der Waals surface area contributed by atoms with Crippen LogP contribution in [0.5, 0.6) is 11.5 Å². The maximum atomic E-state index is 12.1. The molecule has 0 bridgehead atoms. The van der Waals surface area contributed by atoms with Crippen molar-refractivity contribution in [2.24, 2.45) is 0 Å². The summed E-state index contributed by atoms with van der Waals surface area (Å²) >= 11 is 3.48. The van der Waals surface area contributed by atoms with Crippen molar-refractivity contribution in [1.82, 2.24) is 0 Å². The molecule has 128 valence electrons. The van der Waals surface area contributed by atoms with E-state index < -0.39 is 0 Å². The van der Waals surface area contributed by atoms with Gasteiger partial charge in [-0.15, -0.1) is 0 Å². The average Bonchev–Trinajstić information content (AvgIpc) is 2.53. The maximum Gasteiger partial charge on any atom is 0.262 e. The molecule has 0 aliphatic heterocycles. The van der Waals surface area contributed by atoms with E-state index >= 15 is 0 Å². The molecule has 0 aliphatic carbocycles. The minimum atomic E-state index is -0.206. The molecule has 0 heterocycles. The van der Waals surface area contributed by atoms with E-state index in [1.807, 2.05) is 18.2 Å². The molecular weight excluding hydrogens is 370 g/mol. The van der Waals surface area contributed by atoms with Crippen LogP contribution in [0.1, 0.15) is 26.3 Å². The molecule has 2 aromatic carbocycles. The van der Waals surface area contributed by atoms with Crippen LogP contribution in [-0.2, 0) is 10.2 Å². The van der Waals surface area contributed by atoms with Crippen molar-refractivity contribution in [3.63, 3.8) is 0 Å². The van der Waals surface area contributed by atoms with Crippen molar-refractivity contribution in [3.05, 3.63) is 52.5 Å². The monoisotopic (exact) mass is 391 g/mol. The molecule has 5 heteroatoms. The Morgan fingerprint density at radius 2 is 1.79 bits per heavy atom.